The first-order valence-corrected chi connectivity index (χ1v) is 7.88. The van der Waals surface area contributed by atoms with Crippen LogP contribution in [0, 0.1) is 11.8 Å². The van der Waals surface area contributed by atoms with Crippen LogP contribution in [0.1, 0.15) is 36.0 Å². The molecule has 0 atom stereocenters. The molecule has 0 aliphatic heterocycles. The van der Waals surface area contributed by atoms with E-state index >= 15 is 0 Å². The SMILES string of the molecule is O=C(O)c1ccsc1NC(=O)N(CC1CC1)CC1CC1. The Morgan fingerprint density at radius 2 is 1.85 bits per heavy atom. The lowest BCUT2D eigenvalue weighted by molar-refractivity contribution is 0.0698. The monoisotopic (exact) mass is 294 g/mol. The van der Waals surface area contributed by atoms with Gasteiger partial charge in [0.25, 0.3) is 0 Å². The molecule has 0 spiro atoms. The van der Waals surface area contributed by atoms with Gasteiger partial charge in [0.1, 0.15) is 5.00 Å². The van der Waals surface area contributed by atoms with Crippen molar-refractivity contribution in [1.82, 2.24) is 4.90 Å². The van der Waals surface area contributed by atoms with Crippen LogP contribution in [0.4, 0.5) is 9.80 Å². The summed E-state index contributed by atoms with van der Waals surface area (Å²) in [5, 5.41) is 13.9. The Bertz CT molecular complexity index is 506. The molecular weight excluding hydrogens is 276 g/mol. The van der Waals surface area contributed by atoms with E-state index in [0.29, 0.717) is 16.8 Å². The Labute approximate surface area is 121 Å². The van der Waals surface area contributed by atoms with Crippen LogP contribution in [0.3, 0.4) is 0 Å². The predicted octanol–water partition coefficient (Wildman–Crippen LogP) is 3.10. The van der Waals surface area contributed by atoms with Crippen molar-refractivity contribution in [2.75, 3.05) is 18.4 Å². The summed E-state index contributed by atoms with van der Waals surface area (Å²) in [6.45, 7) is 1.60. The lowest BCUT2D eigenvalue weighted by atomic mass is 10.3. The van der Waals surface area contributed by atoms with Crippen molar-refractivity contribution < 1.29 is 14.7 Å². The summed E-state index contributed by atoms with van der Waals surface area (Å²) in [5.41, 5.74) is 0.168. The Balaban J connectivity index is 1.65. The number of thiophene rings is 1. The number of rotatable bonds is 6. The molecule has 1 aromatic rings. The van der Waals surface area contributed by atoms with Gasteiger partial charge in [-0.3, -0.25) is 5.32 Å². The van der Waals surface area contributed by atoms with E-state index in [9.17, 15) is 9.59 Å². The van der Waals surface area contributed by atoms with Crippen LogP contribution in [-0.4, -0.2) is 35.1 Å². The largest absolute Gasteiger partial charge is 0.478 e. The van der Waals surface area contributed by atoms with Crippen molar-refractivity contribution in [2.45, 2.75) is 25.7 Å². The molecule has 2 fully saturated rings. The third-order valence-electron chi connectivity index (χ3n) is 3.75. The van der Waals surface area contributed by atoms with Crippen molar-refractivity contribution >= 4 is 28.3 Å². The molecule has 6 heteroatoms. The number of aromatic carboxylic acids is 1. The average Bonchev–Trinajstić information content (AvgIpc) is 3.31. The van der Waals surface area contributed by atoms with Crippen molar-refractivity contribution in [3.63, 3.8) is 0 Å². The van der Waals surface area contributed by atoms with Gasteiger partial charge in [-0.25, -0.2) is 9.59 Å². The first kappa shape index (κ1) is 13.4. The van der Waals surface area contributed by atoms with Gasteiger partial charge in [-0.2, -0.15) is 0 Å². The molecule has 0 aromatic carbocycles. The number of carbonyl (C=O) groups is 2. The summed E-state index contributed by atoms with van der Waals surface area (Å²) in [6.07, 6.45) is 4.81. The number of amides is 2. The number of carboxylic acid groups (broad SMARTS) is 1. The third-order valence-corrected chi connectivity index (χ3v) is 4.58. The van der Waals surface area contributed by atoms with Crippen LogP contribution in [-0.2, 0) is 0 Å². The van der Waals surface area contributed by atoms with Crippen molar-refractivity contribution in [2.24, 2.45) is 11.8 Å². The molecule has 2 amide bonds. The van der Waals surface area contributed by atoms with Crippen LogP contribution >= 0.6 is 11.3 Å². The fourth-order valence-electron chi connectivity index (χ4n) is 2.22. The number of carboxylic acids is 1. The second-order valence-electron chi connectivity index (χ2n) is 5.69. The second-order valence-corrected chi connectivity index (χ2v) is 6.61. The molecule has 2 N–H and O–H groups in total. The van der Waals surface area contributed by atoms with Gasteiger partial charge >= 0.3 is 12.0 Å². The molecule has 0 saturated heterocycles. The molecular formula is C14H18N2O3S. The average molecular weight is 294 g/mol. The van der Waals surface area contributed by atoms with Gasteiger partial charge in [0.15, 0.2) is 0 Å². The van der Waals surface area contributed by atoms with Gasteiger partial charge in [0, 0.05) is 13.1 Å². The molecule has 108 valence electrons. The molecule has 0 bridgehead atoms. The van der Waals surface area contributed by atoms with E-state index in [1.54, 1.807) is 5.38 Å². The second kappa shape index (κ2) is 5.44. The van der Waals surface area contributed by atoms with Gasteiger partial charge in [-0.05, 0) is 49.0 Å². The van der Waals surface area contributed by atoms with Crippen molar-refractivity contribution in [3.8, 4) is 0 Å². The minimum atomic E-state index is -1.00. The summed E-state index contributed by atoms with van der Waals surface area (Å²) in [7, 11) is 0. The summed E-state index contributed by atoms with van der Waals surface area (Å²) in [4.78, 5) is 25.3. The highest BCUT2D eigenvalue weighted by Crippen LogP contribution is 2.34. The van der Waals surface area contributed by atoms with E-state index in [-0.39, 0.29) is 11.6 Å². The van der Waals surface area contributed by atoms with Crippen molar-refractivity contribution in [3.05, 3.63) is 17.0 Å². The number of anilines is 1. The maximum absolute atomic E-state index is 12.3. The number of nitrogens with zero attached hydrogens (tertiary/aromatic N) is 1. The zero-order valence-electron chi connectivity index (χ0n) is 11.2. The lowest BCUT2D eigenvalue weighted by Crippen LogP contribution is -2.38. The molecule has 2 aliphatic carbocycles. The van der Waals surface area contributed by atoms with Gasteiger partial charge < -0.3 is 10.0 Å². The van der Waals surface area contributed by atoms with Gasteiger partial charge in [-0.15, -0.1) is 11.3 Å². The van der Waals surface area contributed by atoms with E-state index in [4.69, 9.17) is 5.11 Å². The molecule has 3 rings (SSSR count). The van der Waals surface area contributed by atoms with E-state index in [0.717, 1.165) is 13.1 Å². The fourth-order valence-corrected chi connectivity index (χ4v) is 2.98. The summed E-state index contributed by atoms with van der Waals surface area (Å²) in [6, 6.07) is 1.36. The molecule has 2 aliphatic rings. The zero-order valence-corrected chi connectivity index (χ0v) is 12.0. The van der Waals surface area contributed by atoms with Gasteiger partial charge in [0.2, 0.25) is 0 Å². The van der Waals surface area contributed by atoms with Gasteiger partial charge in [-0.1, -0.05) is 0 Å². The van der Waals surface area contributed by atoms with E-state index < -0.39 is 5.97 Å². The topological polar surface area (TPSA) is 69.6 Å². The van der Waals surface area contributed by atoms with Gasteiger partial charge in [0.05, 0.1) is 5.56 Å². The maximum Gasteiger partial charge on any atom is 0.338 e. The van der Waals surface area contributed by atoms with Crippen LogP contribution in [0.15, 0.2) is 11.4 Å². The van der Waals surface area contributed by atoms with Crippen LogP contribution < -0.4 is 5.32 Å². The smallest absolute Gasteiger partial charge is 0.338 e. The number of urea groups is 1. The predicted molar refractivity (Wildman–Crippen MR) is 77.3 cm³/mol. The number of nitrogens with one attached hydrogen (secondary N) is 1. The van der Waals surface area contributed by atoms with E-state index in [2.05, 4.69) is 5.32 Å². The molecule has 0 radical (unpaired) electrons. The standard InChI is InChI=1S/C14H18N2O3S/c17-13(18)11-5-6-20-12(11)15-14(19)16(7-9-1-2-9)8-10-3-4-10/h5-6,9-10H,1-4,7-8H2,(H,15,19)(H,17,18). The Morgan fingerprint density at radius 3 is 2.35 bits per heavy atom. The maximum atomic E-state index is 12.3. The third kappa shape index (κ3) is 3.30. The Kier molecular flexibility index (Phi) is 3.65. The molecule has 2 saturated carbocycles. The first-order valence-electron chi connectivity index (χ1n) is 7.00. The molecule has 0 unspecified atom stereocenters. The molecule has 5 nitrogen and oxygen atoms in total. The van der Waals surface area contributed by atoms with Crippen LogP contribution in [0.2, 0.25) is 0 Å². The minimum Gasteiger partial charge on any atom is -0.478 e. The molecule has 20 heavy (non-hydrogen) atoms. The van der Waals surface area contributed by atoms with Crippen LogP contribution in [0.25, 0.3) is 0 Å². The molecule has 1 heterocycles. The van der Waals surface area contributed by atoms with E-state index in [1.165, 1.54) is 43.1 Å². The summed E-state index contributed by atoms with van der Waals surface area (Å²) in [5.74, 6) is 0.279. The first-order chi connectivity index (χ1) is 9.63. The fraction of sp³-hybridized carbons (Fsp3) is 0.571. The Hall–Kier alpha value is -1.56. The van der Waals surface area contributed by atoms with E-state index in [1.807, 2.05) is 4.90 Å². The number of carbonyl (C=O) groups excluding carboxylic acids is 1. The highest BCUT2D eigenvalue weighted by Gasteiger charge is 2.31. The highest BCUT2D eigenvalue weighted by atomic mass is 32.1. The zero-order chi connectivity index (χ0) is 14.1. The summed E-state index contributed by atoms with van der Waals surface area (Å²) >= 11 is 1.25. The van der Waals surface area contributed by atoms with Crippen molar-refractivity contribution in [1.29, 1.82) is 0 Å². The number of hydrogen-bond acceptors (Lipinski definition) is 3. The highest BCUT2D eigenvalue weighted by molar-refractivity contribution is 7.14. The normalized spacial score (nSPS) is 17.8. The molecule has 1 aromatic heterocycles. The minimum absolute atomic E-state index is 0.159. The Morgan fingerprint density at radius 1 is 1.25 bits per heavy atom. The number of hydrogen-bond donors (Lipinski definition) is 2. The lowest BCUT2D eigenvalue weighted by Gasteiger charge is -2.22. The van der Waals surface area contributed by atoms with Crippen LogP contribution in [0.5, 0.6) is 0 Å². The quantitative estimate of drug-likeness (QED) is 0.847. The summed E-state index contributed by atoms with van der Waals surface area (Å²) < 4.78 is 0.